The summed E-state index contributed by atoms with van der Waals surface area (Å²) < 4.78 is 26.5. The lowest BCUT2D eigenvalue weighted by Crippen LogP contribution is -2.45. The lowest BCUT2D eigenvalue weighted by Gasteiger charge is -2.15. The summed E-state index contributed by atoms with van der Waals surface area (Å²) in [6, 6.07) is 5.93. The van der Waals surface area contributed by atoms with Crippen LogP contribution in [0.15, 0.2) is 24.3 Å². The van der Waals surface area contributed by atoms with Crippen molar-refractivity contribution in [1.29, 1.82) is 0 Å². The van der Waals surface area contributed by atoms with Gasteiger partial charge in [0.25, 0.3) is 0 Å². The first-order valence-corrected chi connectivity index (χ1v) is 8.47. The second-order valence-corrected chi connectivity index (χ2v) is 7.19. The van der Waals surface area contributed by atoms with Crippen LogP contribution in [0, 0.1) is 5.92 Å². The number of carbonyl (C=O) groups excluding carboxylic acids is 1. The third-order valence-electron chi connectivity index (χ3n) is 2.83. The zero-order valence-corrected chi connectivity index (χ0v) is 13.4. The monoisotopic (exact) mass is 313 g/mol. The van der Waals surface area contributed by atoms with E-state index in [9.17, 15) is 13.2 Å². The van der Waals surface area contributed by atoms with Crippen molar-refractivity contribution < 1.29 is 13.2 Å². The summed E-state index contributed by atoms with van der Waals surface area (Å²) in [4.78, 5) is 11.8. The highest BCUT2D eigenvalue weighted by atomic mass is 32.2. The van der Waals surface area contributed by atoms with Gasteiger partial charge in [-0.15, -0.1) is 0 Å². The van der Waals surface area contributed by atoms with E-state index in [0.29, 0.717) is 23.7 Å². The van der Waals surface area contributed by atoms with E-state index in [1.807, 2.05) is 13.8 Å². The fourth-order valence-corrected chi connectivity index (χ4v) is 3.09. The molecule has 1 aromatic rings. The predicted molar refractivity (Wildman–Crippen MR) is 83.9 cm³/mol. The highest BCUT2D eigenvalue weighted by Gasteiger charge is 2.21. The highest BCUT2D eigenvalue weighted by Crippen LogP contribution is 2.13. The second-order valence-electron chi connectivity index (χ2n) is 5.44. The van der Waals surface area contributed by atoms with E-state index in [0.717, 1.165) is 0 Å². The number of amides is 1. The van der Waals surface area contributed by atoms with Gasteiger partial charge in [-0.3, -0.25) is 4.79 Å². The molecule has 1 rings (SSSR count). The molecule has 1 atom stereocenters. The topological polar surface area (TPSA) is 101 Å². The maximum atomic E-state index is 12.1. The molecule has 118 valence electrons. The van der Waals surface area contributed by atoms with E-state index < -0.39 is 16.1 Å². The molecule has 0 fully saturated rings. The van der Waals surface area contributed by atoms with E-state index in [1.54, 1.807) is 24.3 Å². The number of anilines is 1. The first-order chi connectivity index (χ1) is 9.71. The van der Waals surface area contributed by atoms with Crippen LogP contribution in [0.5, 0.6) is 0 Å². The van der Waals surface area contributed by atoms with E-state index in [4.69, 9.17) is 5.73 Å². The predicted octanol–water partition coefficient (Wildman–Crippen LogP) is 0.849. The normalized spacial score (nSPS) is 13.1. The Hall–Kier alpha value is -1.60. The molecule has 0 radical (unpaired) electrons. The summed E-state index contributed by atoms with van der Waals surface area (Å²) in [6.45, 7) is 5.96. The van der Waals surface area contributed by atoms with E-state index in [-0.39, 0.29) is 11.7 Å². The summed E-state index contributed by atoms with van der Waals surface area (Å²) in [5.74, 6) is -0.281. The Morgan fingerprint density at radius 3 is 2.43 bits per heavy atom. The van der Waals surface area contributed by atoms with Crippen molar-refractivity contribution in [2.75, 3.05) is 12.3 Å². The number of nitrogens with two attached hydrogens (primary N) is 1. The molecule has 7 heteroatoms. The fraction of sp³-hybridized carbons (Fsp3) is 0.500. The maximum Gasteiger partial charge on any atom is 0.237 e. The number of rotatable bonds is 7. The molecule has 4 N–H and O–H groups in total. The number of para-hydroxylation sites is 1. The van der Waals surface area contributed by atoms with E-state index in [1.165, 1.54) is 6.92 Å². The molecule has 0 saturated carbocycles. The Balaban J connectivity index is 2.64. The first kappa shape index (κ1) is 17.5. The molecule has 0 saturated heterocycles. The maximum absolute atomic E-state index is 12.1. The van der Waals surface area contributed by atoms with Gasteiger partial charge in [-0.05, 0) is 24.5 Å². The van der Waals surface area contributed by atoms with Gasteiger partial charge in [-0.1, -0.05) is 32.0 Å². The van der Waals surface area contributed by atoms with E-state index in [2.05, 4.69) is 10.0 Å². The molecule has 0 aromatic heterocycles. The minimum atomic E-state index is -3.63. The standard InChI is InChI=1S/C14H23N3O3S/c1-10(2)8-16-14(18)11(3)17-21(19,20)9-12-6-4-5-7-13(12)15/h4-7,10-11,17H,8-9,15H2,1-3H3,(H,16,18). The minimum absolute atomic E-state index is 0.249. The summed E-state index contributed by atoms with van der Waals surface area (Å²) in [6.07, 6.45) is 0. The second kappa shape index (κ2) is 7.42. The van der Waals surface area contributed by atoms with E-state index >= 15 is 0 Å². The first-order valence-electron chi connectivity index (χ1n) is 6.82. The van der Waals surface area contributed by atoms with Gasteiger partial charge < -0.3 is 11.1 Å². The fourth-order valence-electron chi connectivity index (χ4n) is 1.69. The van der Waals surface area contributed by atoms with Gasteiger partial charge in [0, 0.05) is 12.2 Å². The van der Waals surface area contributed by atoms with Gasteiger partial charge in [0.2, 0.25) is 15.9 Å². The van der Waals surface area contributed by atoms with Crippen molar-refractivity contribution in [2.45, 2.75) is 32.6 Å². The average molecular weight is 313 g/mol. The van der Waals surface area contributed by atoms with Crippen LogP contribution in [0.2, 0.25) is 0 Å². The summed E-state index contributed by atoms with van der Waals surface area (Å²) in [5.41, 5.74) is 6.66. The number of benzene rings is 1. The minimum Gasteiger partial charge on any atom is -0.398 e. The molecule has 0 aliphatic carbocycles. The van der Waals surface area contributed by atoms with Crippen LogP contribution in [0.3, 0.4) is 0 Å². The van der Waals surface area contributed by atoms with Gasteiger partial charge in [0.05, 0.1) is 11.8 Å². The smallest absolute Gasteiger partial charge is 0.237 e. The molecule has 1 unspecified atom stereocenters. The van der Waals surface area contributed by atoms with Gasteiger partial charge in [0.15, 0.2) is 0 Å². The summed E-state index contributed by atoms with van der Waals surface area (Å²) >= 11 is 0. The Morgan fingerprint density at radius 2 is 1.86 bits per heavy atom. The Kier molecular flexibility index (Phi) is 6.17. The number of hydrogen-bond donors (Lipinski definition) is 3. The average Bonchev–Trinajstić information content (AvgIpc) is 2.37. The lowest BCUT2D eigenvalue weighted by molar-refractivity contribution is -0.122. The highest BCUT2D eigenvalue weighted by molar-refractivity contribution is 7.88. The van der Waals surface area contributed by atoms with Crippen LogP contribution in [0.25, 0.3) is 0 Å². The summed E-state index contributed by atoms with van der Waals surface area (Å²) in [5, 5.41) is 2.69. The largest absolute Gasteiger partial charge is 0.398 e. The third-order valence-corrected chi connectivity index (χ3v) is 4.24. The van der Waals surface area contributed by atoms with Crippen LogP contribution < -0.4 is 15.8 Å². The Bertz CT molecular complexity index is 585. The van der Waals surface area contributed by atoms with Crippen LogP contribution >= 0.6 is 0 Å². The number of nitrogen functional groups attached to an aromatic ring is 1. The zero-order valence-electron chi connectivity index (χ0n) is 12.6. The van der Waals surface area contributed by atoms with Crippen LogP contribution in [0.4, 0.5) is 5.69 Å². The van der Waals surface area contributed by atoms with Crippen molar-refractivity contribution in [2.24, 2.45) is 5.92 Å². The van der Waals surface area contributed by atoms with Crippen molar-refractivity contribution in [3.05, 3.63) is 29.8 Å². The van der Waals surface area contributed by atoms with Gasteiger partial charge in [0.1, 0.15) is 0 Å². The molecule has 0 aliphatic rings. The molecule has 1 aromatic carbocycles. The van der Waals surface area contributed by atoms with Crippen LogP contribution in [-0.2, 0) is 20.6 Å². The van der Waals surface area contributed by atoms with Crippen LogP contribution in [0.1, 0.15) is 26.3 Å². The molecular weight excluding hydrogens is 290 g/mol. The van der Waals surface area contributed by atoms with Gasteiger partial charge >= 0.3 is 0 Å². The summed E-state index contributed by atoms with van der Waals surface area (Å²) in [7, 11) is -3.63. The molecule has 0 spiro atoms. The molecule has 0 heterocycles. The van der Waals surface area contributed by atoms with Gasteiger partial charge in [-0.25, -0.2) is 13.1 Å². The molecule has 0 aliphatic heterocycles. The SMILES string of the molecule is CC(C)CNC(=O)C(C)NS(=O)(=O)Cc1ccccc1N. The zero-order chi connectivity index (χ0) is 16.0. The van der Waals surface area contributed by atoms with Crippen molar-refractivity contribution in [1.82, 2.24) is 10.0 Å². The van der Waals surface area contributed by atoms with Crippen molar-refractivity contribution in [3.63, 3.8) is 0 Å². The number of carbonyl (C=O) groups is 1. The molecule has 6 nitrogen and oxygen atoms in total. The molecular formula is C14H23N3O3S. The number of sulfonamides is 1. The Labute approximate surface area is 126 Å². The van der Waals surface area contributed by atoms with Crippen molar-refractivity contribution >= 4 is 21.6 Å². The Morgan fingerprint density at radius 1 is 1.24 bits per heavy atom. The number of nitrogens with one attached hydrogen (secondary N) is 2. The van der Waals surface area contributed by atoms with Gasteiger partial charge in [-0.2, -0.15) is 0 Å². The quantitative estimate of drug-likeness (QED) is 0.649. The number of hydrogen-bond acceptors (Lipinski definition) is 4. The lowest BCUT2D eigenvalue weighted by atomic mass is 10.2. The van der Waals surface area contributed by atoms with Crippen molar-refractivity contribution in [3.8, 4) is 0 Å². The molecule has 1 amide bonds. The molecule has 21 heavy (non-hydrogen) atoms. The molecule has 0 bridgehead atoms. The third kappa shape index (κ3) is 6.14. The van der Waals surface area contributed by atoms with Crippen LogP contribution in [-0.4, -0.2) is 26.9 Å².